The quantitative estimate of drug-likeness (QED) is 0.696. The van der Waals surface area contributed by atoms with Crippen molar-refractivity contribution in [3.63, 3.8) is 0 Å². The Bertz CT molecular complexity index is 526. The summed E-state index contributed by atoms with van der Waals surface area (Å²) < 4.78 is 5.44. The maximum atomic E-state index is 12.8. The lowest BCUT2D eigenvalue weighted by Gasteiger charge is -2.33. The molecule has 160 valence electrons. The Kier molecular flexibility index (Phi) is 7.27. The number of nitrogens with zero attached hydrogens (tertiary/aromatic N) is 1. The highest BCUT2D eigenvalue weighted by Gasteiger charge is 2.34. The number of carbonyl (C=O) groups is 2. The van der Waals surface area contributed by atoms with E-state index in [0.717, 1.165) is 31.1 Å². The van der Waals surface area contributed by atoms with Gasteiger partial charge >= 0.3 is 6.09 Å². The zero-order valence-corrected chi connectivity index (χ0v) is 18.2. The van der Waals surface area contributed by atoms with E-state index in [4.69, 9.17) is 4.74 Å². The highest BCUT2D eigenvalue weighted by atomic mass is 16.6. The molecule has 1 atom stereocenters. The van der Waals surface area contributed by atoms with E-state index in [1.807, 2.05) is 20.8 Å². The average Bonchev–Trinajstić information content (AvgIpc) is 2.94. The molecule has 1 aliphatic heterocycles. The molecule has 2 amide bonds. The summed E-state index contributed by atoms with van der Waals surface area (Å²) in [6, 6.07) is 0.0691. The first-order valence-electron chi connectivity index (χ1n) is 11.6. The number of amides is 2. The number of ether oxygens (including phenoxy) is 1. The fourth-order valence-electron chi connectivity index (χ4n) is 5.32. The summed E-state index contributed by atoms with van der Waals surface area (Å²) in [5, 5.41) is 3.21. The van der Waals surface area contributed by atoms with Crippen LogP contribution < -0.4 is 5.32 Å². The molecule has 3 aliphatic rings. The lowest BCUT2D eigenvalue weighted by atomic mass is 9.73. The number of rotatable bonds is 3. The Balaban J connectivity index is 1.39. The zero-order valence-electron chi connectivity index (χ0n) is 18.2. The van der Waals surface area contributed by atoms with Crippen LogP contribution in [0.2, 0.25) is 0 Å². The monoisotopic (exact) mass is 392 g/mol. The Labute approximate surface area is 170 Å². The molecule has 1 saturated heterocycles. The van der Waals surface area contributed by atoms with Crippen molar-refractivity contribution in [2.45, 2.75) is 103 Å². The second-order valence-electron chi connectivity index (χ2n) is 10.3. The molecule has 5 nitrogen and oxygen atoms in total. The second kappa shape index (κ2) is 9.49. The molecular weight excluding hydrogens is 352 g/mol. The SMILES string of the molecule is CC(C)(C)OC(=O)N1CC[C@@H](NC(=O)C2CCC(C3CCCCCC3)CC2)C1. The van der Waals surface area contributed by atoms with Gasteiger partial charge in [-0.3, -0.25) is 4.79 Å². The van der Waals surface area contributed by atoms with E-state index in [-0.39, 0.29) is 24.0 Å². The summed E-state index contributed by atoms with van der Waals surface area (Å²) in [6.07, 6.45) is 13.5. The molecule has 0 aromatic heterocycles. The van der Waals surface area contributed by atoms with Crippen LogP contribution in [-0.2, 0) is 9.53 Å². The summed E-state index contributed by atoms with van der Waals surface area (Å²) in [6.45, 7) is 6.87. The van der Waals surface area contributed by atoms with Crippen LogP contribution in [0, 0.1) is 17.8 Å². The number of hydrogen-bond acceptors (Lipinski definition) is 3. The molecule has 0 aromatic carbocycles. The largest absolute Gasteiger partial charge is 0.444 e. The first kappa shape index (κ1) is 21.4. The summed E-state index contributed by atoms with van der Waals surface area (Å²) in [4.78, 5) is 26.7. The number of carbonyl (C=O) groups excluding carboxylic acids is 2. The normalized spacial score (nSPS) is 30.0. The molecule has 5 heteroatoms. The number of hydrogen-bond donors (Lipinski definition) is 1. The topological polar surface area (TPSA) is 58.6 Å². The maximum Gasteiger partial charge on any atom is 0.410 e. The van der Waals surface area contributed by atoms with Gasteiger partial charge in [0.15, 0.2) is 0 Å². The summed E-state index contributed by atoms with van der Waals surface area (Å²) in [5.74, 6) is 2.12. The summed E-state index contributed by atoms with van der Waals surface area (Å²) in [5.41, 5.74) is -0.478. The molecule has 3 rings (SSSR count). The van der Waals surface area contributed by atoms with E-state index >= 15 is 0 Å². The van der Waals surface area contributed by atoms with Gasteiger partial charge in [-0.25, -0.2) is 4.79 Å². The molecular formula is C23H40N2O3. The van der Waals surface area contributed by atoms with E-state index < -0.39 is 5.60 Å². The third-order valence-corrected chi connectivity index (χ3v) is 6.90. The van der Waals surface area contributed by atoms with Gasteiger partial charge in [0.2, 0.25) is 5.91 Å². The predicted molar refractivity (Wildman–Crippen MR) is 111 cm³/mol. The van der Waals surface area contributed by atoms with E-state index in [1.165, 1.54) is 51.4 Å². The van der Waals surface area contributed by atoms with Crippen molar-refractivity contribution in [2.24, 2.45) is 17.8 Å². The van der Waals surface area contributed by atoms with Gasteiger partial charge in [0, 0.05) is 25.0 Å². The zero-order chi connectivity index (χ0) is 20.1. The second-order valence-corrected chi connectivity index (χ2v) is 10.3. The van der Waals surface area contributed by atoms with Gasteiger partial charge in [0.1, 0.15) is 5.60 Å². The van der Waals surface area contributed by atoms with Crippen molar-refractivity contribution in [1.82, 2.24) is 10.2 Å². The van der Waals surface area contributed by atoms with Crippen LogP contribution in [0.25, 0.3) is 0 Å². The van der Waals surface area contributed by atoms with E-state index in [9.17, 15) is 9.59 Å². The Morgan fingerprint density at radius 2 is 1.46 bits per heavy atom. The average molecular weight is 393 g/mol. The van der Waals surface area contributed by atoms with Crippen molar-refractivity contribution < 1.29 is 14.3 Å². The van der Waals surface area contributed by atoms with Crippen molar-refractivity contribution in [3.05, 3.63) is 0 Å². The number of likely N-dealkylation sites (tertiary alicyclic amines) is 1. The fourth-order valence-corrected chi connectivity index (χ4v) is 5.32. The number of nitrogens with one attached hydrogen (secondary N) is 1. The highest BCUT2D eigenvalue weighted by molar-refractivity contribution is 5.79. The Morgan fingerprint density at radius 3 is 2.07 bits per heavy atom. The van der Waals surface area contributed by atoms with E-state index in [0.29, 0.717) is 13.1 Å². The van der Waals surface area contributed by atoms with Gasteiger partial charge in [0.25, 0.3) is 0 Å². The summed E-state index contributed by atoms with van der Waals surface area (Å²) in [7, 11) is 0. The van der Waals surface area contributed by atoms with Crippen molar-refractivity contribution >= 4 is 12.0 Å². The standard InChI is InChI=1S/C23H40N2O3/c1-23(2,3)28-22(27)25-15-14-20(16-25)24-21(26)19-12-10-18(11-13-19)17-8-6-4-5-7-9-17/h17-20H,4-16H2,1-3H3,(H,24,26)/t18?,19?,20-/m1/s1. The van der Waals surface area contributed by atoms with Crippen molar-refractivity contribution in [2.75, 3.05) is 13.1 Å². The van der Waals surface area contributed by atoms with Gasteiger partial charge in [-0.1, -0.05) is 38.5 Å². The lowest BCUT2D eigenvalue weighted by Crippen LogP contribution is -2.43. The predicted octanol–water partition coefficient (Wildman–Crippen LogP) is 4.89. The molecule has 1 heterocycles. The molecule has 2 saturated carbocycles. The van der Waals surface area contributed by atoms with Gasteiger partial charge in [-0.05, 0) is 64.7 Å². The van der Waals surface area contributed by atoms with Crippen LogP contribution in [0.3, 0.4) is 0 Å². The van der Waals surface area contributed by atoms with Crippen LogP contribution >= 0.6 is 0 Å². The fraction of sp³-hybridized carbons (Fsp3) is 0.913. The summed E-state index contributed by atoms with van der Waals surface area (Å²) >= 11 is 0. The van der Waals surface area contributed by atoms with E-state index in [1.54, 1.807) is 4.90 Å². The van der Waals surface area contributed by atoms with Crippen LogP contribution in [0.5, 0.6) is 0 Å². The molecule has 0 aromatic rings. The van der Waals surface area contributed by atoms with Crippen LogP contribution in [0.1, 0.15) is 91.4 Å². The van der Waals surface area contributed by atoms with Crippen molar-refractivity contribution in [3.8, 4) is 0 Å². The third-order valence-electron chi connectivity index (χ3n) is 6.90. The first-order chi connectivity index (χ1) is 13.3. The smallest absolute Gasteiger partial charge is 0.410 e. The highest BCUT2D eigenvalue weighted by Crippen LogP contribution is 2.39. The minimum atomic E-state index is -0.478. The van der Waals surface area contributed by atoms with Crippen LogP contribution in [0.15, 0.2) is 0 Å². The minimum absolute atomic E-state index is 0.0691. The van der Waals surface area contributed by atoms with Gasteiger partial charge in [0.05, 0.1) is 0 Å². The maximum absolute atomic E-state index is 12.8. The molecule has 3 fully saturated rings. The molecule has 0 unspecified atom stereocenters. The Morgan fingerprint density at radius 1 is 0.857 bits per heavy atom. The first-order valence-corrected chi connectivity index (χ1v) is 11.6. The third kappa shape index (κ3) is 6.12. The van der Waals surface area contributed by atoms with Crippen LogP contribution in [0.4, 0.5) is 4.79 Å². The molecule has 2 aliphatic carbocycles. The lowest BCUT2D eigenvalue weighted by molar-refractivity contribution is -0.127. The molecule has 28 heavy (non-hydrogen) atoms. The van der Waals surface area contributed by atoms with E-state index in [2.05, 4.69) is 5.32 Å². The van der Waals surface area contributed by atoms with Gasteiger partial charge in [-0.15, -0.1) is 0 Å². The Hall–Kier alpha value is -1.26. The molecule has 0 bridgehead atoms. The van der Waals surface area contributed by atoms with Crippen LogP contribution in [-0.4, -0.2) is 41.6 Å². The molecule has 0 radical (unpaired) electrons. The molecule has 1 N–H and O–H groups in total. The van der Waals surface area contributed by atoms with Gasteiger partial charge < -0.3 is 15.0 Å². The van der Waals surface area contributed by atoms with Crippen molar-refractivity contribution in [1.29, 1.82) is 0 Å². The van der Waals surface area contributed by atoms with Gasteiger partial charge in [-0.2, -0.15) is 0 Å². The molecule has 0 spiro atoms. The minimum Gasteiger partial charge on any atom is -0.444 e.